The Morgan fingerprint density at radius 3 is 2.63 bits per heavy atom. The first-order valence-corrected chi connectivity index (χ1v) is 14.9. The summed E-state index contributed by atoms with van der Waals surface area (Å²) >= 11 is 0. The normalized spacial score (nSPS) is 18.8. The minimum Gasteiger partial charge on any atom is -0.482 e. The molecule has 1 fully saturated rings. The van der Waals surface area contributed by atoms with Gasteiger partial charge in [-0.25, -0.2) is 8.42 Å². The van der Waals surface area contributed by atoms with Crippen LogP contribution >= 0.6 is 0 Å². The van der Waals surface area contributed by atoms with Crippen molar-refractivity contribution < 1.29 is 23.1 Å². The Kier molecular flexibility index (Phi) is 7.61. The third-order valence-corrected chi connectivity index (χ3v) is 8.78. The Morgan fingerprint density at radius 2 is 1.87 bits per heavy atom. The lowest BCUT2D eigenvalue weighted by atomic mass is 9.97. The van der Waals surface area contributed by atoms with Gasteiger partial charge in [-0.1, -0.05) is 54.6 Å². The molecule has 9 heteroatoms. The summed E-state index contributed by atoms with van der Waals surface area (Å²) in [4.78, 5) is 17.5. The number of hydrogen-bond donors (Lipinski definition) is 1. The number of sulfonamides is 1. The molecule has 1 saturated heterocycles. The highest BCUT2D eigenvalue weighted by Crippen LogP contribution is 2.38. The zero-order chi connectivity index (χ0) is 26.9. The molecule has 1 unspecified atom stereocenters. The van der Waals surface area contributed by atoms with Gasteiger partial charge in [0, 0.05) is 33.2 Å². The Hall–Kier alpha value is -3.14. The van der Waals surface area contributed by atoms with Gasteiger partial charge in [-0.3, -0.25) is 14.0 Å². The van der Waals surface area contributed by atoms with Crippen LogP contribution < -0.4 is 9.04 Å². The average molecular weight is 538 g/mol. The number of aliphatic hydroxyl groups is 1. The second kappa shape index (κ2) is 10.9. The van der Waals surface area contributed by atoms with E-state index in [4.69, 9.17) is 4.74 Å². The number of likely N-dealkylation sites (tertiary alicyclic amines) is 1. The predicted molar refractivity (Wildman–Crippen MR) is 149 cm³/mol. The molecule has 1 N–H and O–H groups in total. The van der Waals surface area contributed by atoms with Gasteiger partial charge in [0.1, 0.15) is 5.75 Å². The number of anilines is 1. The van der Waals surface area contributed by atoms with E-state index in [9.17, 15) is 18.3 Å². The van der Waals surface area contributed by atoms with E-state index < -0.39 is 10.0 Å². The van der Waals surface area contributed by atoms with Gasteiger partial charge in [0.15, 0.2) is 6.61 Å². The fourth-order valence-electron chi connectivity index (χ4n) is 5.63. The second-order valence-corrected chi connectivity index (χ2v) is 12.2. The number of ether oxygens (including phenoxy) is 1. The number of carbonyl (C=O) groups is 1. The molecule has 0 aliphatic carbocycles. The van der Waals surface area contributed by atoms with Gasteiger partial charge in [-0.05, 0) is 47.2 Å². The van der Waals surface area contributed by atoms with E-state index >= 15 is 0 Å². The van der Waals surface area contributed by atoms with Crippen molar-refractivity contribution in [2.75, 3.05) is 50.4 Å². The summed E-state index contributed by atoms with van der Waals surface area (Å²) in [6, 6.07) is 19.5. The standard InChI is InChI=1S/C29H35N3O5S/c1-30(28(34)20-37-27-14-6-10-22-11-7-16-32(29(22)27)38(2,35)36)26(19-31-17-15-23(33)18-31)25-13-5-9-21-8-3-4-12-24(21)25/h3-6,8-10,12-14,23,26,33H,7,11,15-20H2,1-2H3/t23-,26?/m0/s1. The predicted octanol–water partition coefficient (Wildman–Crippen LogP) is 3.20. The fraction of sp³-hybridized carbons (Fsp3) is 0.414. The number of aliphatic hydroxyl groups excluding tert-OH is 1. The smallest absolute Gasteiger partial charge is 0.260 e. The number of para-hydroxylation sites is 1. The summed E-state index contributed by atoms with van der Waals surface area (Å²) in [5.74, 6) is 0.195. The van der Waals surface area contributed by atoms with Crippen LogP contribution in [-0.4, -0.2) is 81.4 Å². The molecule has 5 rings (SSSR count). The molecular weight excluding hydrogens is 502 g/mol. The summed E-state index contributed by atoms with van der Waals surface area (Å²) in [6.45, 7) is 2.13. The lowest BCUT2D eigenvalue weighted by molar-refractivity contribution is -0.134. The number of aryl methyl sites for hydroxylation is 1. The Morgan fingerprint density at radius 1 is 1.11 bits per heavy atom. The van der Waals surface area contributed by atoms with Crippen LogP contribution in [0.4, 0.5) is 5.69 Å². The van der Waals surface area contributed by atoms with E-state index in [0.717, 1.165) is 47.7 Å². The van der Waals surface area contributed by atoms with E-state index in [1.54, 1.807) is 18.0 Å². The molecule has 2 aliphatic rings. The molecule has 0 spiro atoms. The topological polar surface area (TPSA) is 90.4 Å². The minimum absolute atomic E-state index is 0.206. The molecule has 2 aliphatic heterocycles. The highest BCUT2D eigenvalue weighted by molar-refractivity contribution is 7.92. The van der Waals surface area contributed by atoms with Crippen LogP contribution in [0.15, 0.2) is 60.7 Å². The van der Waals surface area contributed by atoms with Crippen LogP contribution in [0.2, 0.25) is 0 Å². The van der Waals surface area contributed by atoms with E-state index in [-0.39, 0.29) is 24.7 Å². The first-order valence-electron chi connectivity index (χ1n) is 13.1. The van der Waals surface area contributed by atoms with E-state index in [1.807, 2.05) is 30.3 Å². The molecule has 0 bridgehead atoms. The molecule has 0 aromatic heterocycles. The molecule has 8 nitrogen and oxygen atoms in total. The molecule has 38 heavy (non-hydrogen) atoms. The molecule has 0 radical (unpaired) electrons. The fourth-order valence-corrected chi connectivity index (χ4v) is 6.63. The van der Waals surface area contributed by atoms with E-state index in [1.165, 1.54) is 10.6 Å². The Bertz CT molecular complexity index is 1420. The summed E-state index contributed by atoms with van der Waals surface area (Å²) < 4.78 is 32.3. The summed E-state index contributed by atoms with van der Waals surface area (Å²) in [5, 5.41) is 12.3. The van der Waals surface area contributed by atoms with Crippen molar-refractivity contribution in [1.82, 2.24) is 9.80 Å². The third kappa shape index (κ3) is 5.50. The average Bonchev–Trinajstić information content (AvgIpc) is 3.33. The molecule has 1 amide bonds. The zero-order valence-electron chi connectivity index (χ0n) is 21.9. The lowest BCUT2D eigenvalue weighted by Gasteiger charge is -2.33. The van der Waals surface area contributed by atoms with Gasteiger partial charge in [-0.2, -0.15) is 0 Å². The highest BCUT2D eigenvalue weighted by Gasteiger charge is 2.31. The zero-order valence-corrected chi connectivity index (χ0v) is 22.7. The lowest BCUT2D eigenvalue weighted by Crippen LogP contribution is -2.41. The van der Waals surface area contributed by atoms with Crippen LogP contribution in [0.5, 0.6) is 5.75 Å². The first kappa shape index (κ1) is 26.5. The van der Waals surface area contributed by atoms with E-state index in [0.29, 0.717) is 31.1 Å². The number of rotatable bonds is 8. The van der Waals surface area contributed by atoms with Crippen molar-refractivity contribution in [1.29, 1.82) is 0 Å². The number of amides is 1. The molecular formula is C29H35N3O5S. The third-order valence-electron chi connectivity index (χ3n) is 7.61. The van der Waals surface area contributed by atoms with Gasteiger partial charge >= 0.3 is 0 Å². The largest absolute Gasteiger partial charge is 0.482 e. The summed E-state index contributed by atoms with van der Waals surface area (Å²) in [5.41, 5.74) is 2.48. The number of likely N-dealkylation sites (N-methyl/N-ethyl adjacent to an activating group) is 1. The Labute approximate surface area is 224 Å². The number of hydrogen-bond acceptors (Lipinski definition) is 6. The quantitative estimate of drug-likeness (QED) is 0.475. The second-order valence-electron chi connectivity index (χ2n) is 10.3. The molecule has 3 aromatic rings. The highest BCUT2D eigenvalue weighted by atomic mass is 32.2. The number of β-amino-alcohol motifs (C(OH)–C–C–N with tert-alkyl or cyclic N) is 1. The van der Waals surface area contributed by atoms with Crippen LogP contribution in [0.25, 0.3) is 10.8 Å². The van der Waals surface area contributed by atoms with Gasteiger partial charge in [0.25, 0.3) is 5.91 Å². The van der Waals surface area contributed by atoms with Crippen molar-refractivity contribution >= 4 is 32.4 Å². The number of benzene rings is 3. The number of fused-ring (bicyclic) bond motifs is 2. The maximum atomic E-state index is 13.6. The van der Waals surface area contributed by atoms with Gasteiger partial charge in [0.2, 0.25) is 10.0 Å². The first-order chi connectivity index (χ1) is 18.2. The molecule has 2 atom stereocenters. The van der Waals surface area contributed by atoms with Crippen LogP contribution in [-0.2, 0) is 21.2 Å². The maximum absolute atomic E-state index is 13.6. The number of carbonyl (C=O) groups excluding carboxylic acids is 1. The van der Waals surface area contributed by atoms with Gasteiger partial charge < -0.3 is 14.7 Å². The maximum Gasteiger partial charge on any atom is 0.260 e. The monoisotopic (exact) mass is 537 g/mol. The van der Waals surface area contributed by atoms with Crippen molar-refractivity contribution in [2.45, 2.75) is 31.4 Å². The SMILES string of the molecule is CN(C(=O)COc1cccc2c1N(S(C)(=O)=O)CCC2)C(CN1CC[C@H](O)C1)c1cccc2ccccc12. The van der Waals surface area contributed by atoms with Gasteiger partial charge in [0.05, 0.1) is 24.1 Å². The van der Waals surface area contributed by atoms with Gasteiger partial charge in [-0.15, -0.1) is 0 Å². The molecule has 2 heterocycles. The van der Waals surface area contributed by atoms with Crippen LogP contribution in [0, 0.1) is 0 Å². The molecule has 202 valence electrons. The van der Waals surface area contributed by atoms with Crippen LogP contribution in [0.3, 0.4) is 0 Å². The molecule has 0 saturated carbocycles. The Balaban J connectivity index is 1.40. The summed E-state index contributed by atoms with van der Waals surface area (Å²) in [7, 11) is -1.69. The van der Waals surface area contributed by atoms with E-state index in [2.05, 4.69) is 29.2 Å². The van der Waals surface area contributed by atoms with Crippen molar-refractivity contribution in [3.63, 3.8) is 0 Å². The number of nitrogens with zero attached hydrogens (tertiary/aromatic N) is 3. The molecule has 3 aromatic carbocycles. The van der Waals surface area contributed by atoms with Crippen molar-refractivity contribution in [3.05, 3.63) is 71.8 Å². The van der Waals surface area contributed by atoms with Crippen LogP contribution in [0.1, 0.15) is 30.0 Å². The van der Waals surface area contributed by atoms with Crippen molar-refractivity contribution in [2.24, 2.45) is 0 Å². The minimum atomic E-state index is -3.47. The summed E-state index contributed by atoms with van der Waals surface area (Å²) in [6.07, 6.45) is 3.07. The van der Waals surface area contributed by atoms with Crippen molar-refractivity contribution in [3.8, 4) is 5.75 Å².